The Balaban J connectivity index is 1.39. The first-order chi connectivity index (χ1) is 15.5. The van der Waals surface area contributed by atoms with Gasteiger partial charge in [0.2, 0.25) is 0 Å². The number of fused-ring (bicyclic) bond motifs is 2. The summed E-state index contributed by atoms with van der Waals surface area (Å²) in [5.74, 6) is -0.150. The molecular formula is C24H24ClN5O2. The Hall–Kier alpha value is -3.08. The van der Waals surface area contributed by atoms with Crippen LogP contribution in [0.1, 0.15) is 41.3 Å². The number of nitrogens with one attached hydrogen (secondary N) is 1. The van der Waals surface area contributed by atoms with Gasteiger partial charge in [-0.05, 0) is 55.5 Å². The van der Waals surface area contributed by atoms with Gasteiger partial charge in [0.15, 0.2) is 0 Å². The molecule has 1 aliphatic carbocycles. The van der Waals surface area contributed by atoms with Crippen LogP contribution in [0.5, 0.6) is 0 Å². The van der Waals surface area contributed by atoms with Gasteiger partial charge in [-0.1, -0.05) is 11.6 Å². The number of aromatic nitrogens is 2. The molecule has 8 heteroatoms. The molecule has 164 valence electrons. The van der Waals surface area contributed by atoms with Gasteiger partial charge in [-0.2, -0.15) is 5.26 Å². The highest BCUT2D eigenvalue weighted by atomic mass is 35.5. The standard InChI is InChI=1S/C24H24ClN5O2/c25-17-5-6-21-18(12-17)19(14-27-21)22(24(31)32)29-7-9-30(10-8-29)23-16(13-26)11-15-3-1-2-4-20(15)28-23/h5-6,11-12,14,22,27H,1-4,7-10H2,(H,31,32)/t22-/m1/s1. The van der Waals surface area contributed by atoms with Crippen molar-refractivity contribution in [1.29, 1.82) is 5.26 Å². The molecule has 0 spiro atoms. The second kappa shape index (κ2) is 8.45. The zero-order valence-electron chi connectivity index (χ0n) is 17.6. The maximum Gasteiger partial charge on any atom is 0.325 e. The summed E-state index contributed by atoms with van der Waals surface area (Å²) in [6.07, 6.45) is 5.99. The Labute approximate surface area is 191 Å². The molecule has 3 aromatic rings. The second-order valence-electron chi connectivity index (χ2n) is 8.48. The van der Waals surface area contributed by atoms with Gasteiger partial charge < -0.3 is 15.0 Å². The van der Waals surface area contributed by atoms with Crippen molar-refractivity contribution < 1.29 is 9.90 Å². The minimum atomic E-state index is -0.885. The SMILES string of the molecule is N#Cc1cc2c(nc1N1CCN([C@@H](C(=O)O)c3c[nH]c4ccc(Cl)cc34)CC1)CCCC2. The first kappa shape index (κ1) is 20.8. The second-order valence-corrected chi connectivity index (χ2v) is 8.92. The molecule has 2 aromatic heterocycles. The first-order valence-corrected chi connectivity index (χ1v) is 11.3. The zero-order valence-corrected chi connectivity index (χ0v) is 18.4. The van der Waals surface area contributed by atoms with Gasteiger partial charge in [-0.25, -0.2) is 4.98 Å². The lowest BCUT2D eigenvalue weighted by Gasteiger charge is -2.38. The fourth-order valence-corrected chi connectivity index (χ4v) is 5.14. The summed E-state index contributed by atoms with van der Waals surface area (Å²) in [6, 6.07) is 9.01. The Bertz CT molecular complexity index is 1220. The monoisotopic (exact) mass is 449 g/mol. The number of anilines is 1. The van der Waals surface area contributed by atoms with Crippen molar-refractivity contribution in [1.82, 2.24) is 14.9 Å². The van der Waals surface area contributed by atoms with Crippen LogP contribution in [0, 0.1) is 11.3 Å². The van der Waals surface area contributed by atoms with Gasteiger partial charge in [0.05, 0.1) is 5.56 Å². The quantitative estimate of drug-likeness (QED) is 0.626. The van der Waals surface area contributed by atoms with E-state index in [0.717, 1.165) is 48.1 Å². The summed E-state index contributed by atoms with van der Waals surface area (Å²) in [4.78, 5) is 24.4. The molecule has 1 saturated heterocycles. The van der Waals surface area contributed by atoms with Crippen molar-refractivity contribution in [2.24, 2.45) is 0 Å². The van der Waals surface area contributed by atoms with Gasteiger partial charge in [0.1, 0.15) is 17.9 Å². The van der Waals surface area contributed by atoms with E-state index in [1.165, 1.54) is 5.56 Å². The fourth-order valence-electron chi connectivity index (χ4n) is 4.96. The van der Waals surface area contributed by atoms with E-state index in [9.17, 15) is 15.2 Å². The van der Waals surface area contributed by atoms with Crippen molar-refractivity contribution in [3.05, 3.63) is 57.9 Å². The Morgan fingerprint density at radius 2 is 1.97 bits per heavy atom. The number of aromatic amines is 1. The molecule has 0 radical (unpaired) electrons. The number of rotatable bonds is 4. The fraction of sp³-hybridized carbons (Fsp3) is 0.375. The van der Waals surface area contributed by atoms with Crippen LogP contribution in [0.15, 0.2) is 30.5 Å². The molecule has 1 aliphatic heterocycles. The molecule has 1 atom stereocenters. The van der Waals surface area contributed by atoms with Crippen LogP contribution in [0.2, 0.25) is 5.02 Å². The van der Waals surface area contributed by atoms with Gasteiger partial charge in [0, 0.05) is 59.6 Å². The number of benzene rings is 1. The number of halogens is 1. The number of aliphatic carboxylic acids is 1. The normalized spacial score (nSPS) is 17.7. The van der Waals surface area contributed by atoms with Crippen LogP contribution >= 0.6 is 11.6 Å². The molecule has 0 saturated carbocycles. The number of piperazine rings is 1. The predicted molar refractivity (Wildman–Crippen MR) is 123 cm³/mol. The predicted octanol–water partition coefficient (Wildman–Crippen LogP) is 3.91. The van der Waals surface area contributed by atoms with Crippen LogP contribution in [0.25, 0.3) is 10.9 Å². The van der Waals surface area contributed by atoms with E-state index in [1.54, 1.807) is 12.3 Å². The van der Waals surface area contributed by atoms with Crippen molar-refractivity contribution in [2.75, 3.05) is 31.1 Å². The molecule has 32 heavy (non-hydrogen) atoms. The molecule has 0 bridgehead atoms. The van der Waals surface area contributed by atoms with E-state index < -0.39 is 12.0 Å². The summed E-state index contributed by atoms with van der Waals surface area (Å²) >= 11 is 6.17. The third kappa shape index (κ3) is 3.70. The van der Waals surface area contributed by atoms with E-state index in [2.05, 4.69) is 16.0 Å². The number of nitrogens with zero attached hydrogens (tertiary/aromatic N) is 4. The van der Waals surface area contributed by atoms with Crippen molar-refractivity contribution in [2.45, 2.75) is 31.7 Å². The van der Waals surface area contributed by atoms with Gasteiger partial charge in [0.25, 0.3) is 0 Å². The van der Waals surface area contributed by atoms with Crippen molar-refractivity contribution in [3.63, 3.8) is 0 Å². The van der Waals surface area contributed by atoms with Crippen molar-refractivity contribution >= 4 is 34.3 Å². The van der Waals surface area contributed by atoms with Crippen molar-refractivity contribution in [3.8, 4) is 6.07 Å². The third-order valence-electron chi connectivity index (χ3n) is 6.58. The third-order valence-corrected chi connectivity index (χ3v) is 6.82. The van der Waals surface area contributed by atoms with Crippen LogP contribution in [0.3, 0.4) is 0 Å². The van der Waals surface area contributed by atoms with Gasteiger partial charge >= 0.3 is 5.97 Å². The highest BCUT2D eigenvalue weighted by Gasteiger charge is 2.33. The molecular weight excluding hydrogens is 426 g/mol. The highest BCUT2D eigenvalue weighted by molar-refractivity contribution is 6.31. The molecule has 3 heterocycles. The van der Waals surface area contributed by atoms with Crippen LogP contribution in [-0.4, -0.2) is 52.1 Å². The molecule has 0 amide bonds. The average molecular weight is 450 g/mol. The lowest BCUT2D eigenvalue weighted by molar-refractivity contribution is -0.143. The van der Waals surface area contributed by atoms with E-state index >= 15 is 0 Å². The molecule has 0 unspecified atom stereocenters. The number of pyridine rings is 1. The first-order valence-electron chi connectivity index (χ1n) is 11.0. The summed E-state index contributed by atoms with van der Waals surface area (Å²) in [5, 5.41) is 21.2. The molecule has 2 aliphatic rings. The van der Waals surface area contributed by atoms with E-state index in [0.29, 0.717) is 42.3 Å². The number of nitriles is 1. The average Bonchev–Trinajstić information content (AvgIpc) is 3.21. The maximum atomic E-state index is 12.3. The number of aryl methyl sites for hydroxylation is 2. The molecule has 1 fully saturated rings. The minimum Gasteiger partial charge on any atom is -0.480 e. The number of carboxylic acid groups (broad SMARTS) is 1. The van der Waals surface area contributed by atoms with Crippen LogP contribution in [0.4, 0.5) is 5.82 Å². The van der Waals surface area contributed by atoms with Crippen LogP contribution < -0.4 is 4.90 Å². The number of carbonyl (C=O) groups is 1. The van der Waals surface area contributed by atoms with E-state index in [4.69, 9.17) is 16.6 Å². The minimum absolute atomic E-state index is 0.563. The smallest absolute Gasteiger partial charge is 0.325 e. The summed E-state index contributed by atoms with van der Waals surface area (Å²) in [6.45, 7) is 2.36. The number of hydrogen-bond donors (Lipinski definition) is 2. The molecule has 1 aromatic carbocycles. The van der Waals surface area contributed by atoms with Gasteiger partial charge in [-0.15, -0.1) is 0 Å². The number of carboxylic acids is 1. The summed E-state index contributed by atoms with van der Waals surface area (Å²) < 4.78 is 0. The highest BCUT2D eigenvalue weighted by Crippen LogP contribution is 2.32. The lowest BCUT2D eigenvalue weighted by Crippen LogP contribution is -2.49. The Kier molecular flexibility index (Phi) is 5.50. The summed E-state index contributed by atoms with van der Waals surface area (Å²) in [5.41, 5.74) is 4.49. The number of hydrogen-bond acceptors (Lipinski definition) is 5. The Morgan fingerprint density at radius 1 is 1.19 bits per heavy atom. The van der Waals surface area contributed by atoms with Gasteiger partial charge in [-0.3, -0.25) is 9.69 Å². The zero-order chi connectivity index (χ0) is 22.2. The Morgan fingerprint density at radius 3 is 2.72 bits per heavy atom. The number of H-pyrrole nitrogens is 1. The lowest BCUT2D eigenvalue weighted by atomic mass is 9.94. The van der Waals surface area contributed by atoms with E-state index in [1.807, 2.05) is 23.1 Å². The molecule has 7 nitrogen and oxygen atoms in total. The van der Waals surface area contributed by atoms with E-state index in [-0.39, 0.29) is 0 Å². The maximum absolute atomic E-state index is 12.3. The molecule has 2 N–H and O–H groups in total. The largest absolute Gasteiger partial charge is 0.480 e. The molecule has 5 rings (SSSR count). The van der Waals surface area contributed by atoms with Crippen LogP contribution in [-0.2, 0) is 17.6 Å². The topological polar surface area (TPSA) is 96.2 Å². The summed E-state index contributed by atoms with van der Waals surface area (Å²) in [7, 11) is 0.